The van der Waals surface area contributed by atoms with E-state index in [1.807, 2.05) is 0 Å². The van der Waals surface area contributed by atoms with Crippen LogP contribution in [0.3, 0.4) is 0 Å². The highest BCUT2D eigenvalue weighted by atomic mass is 32.2. The molecule has 3 N–H and O–H groups in total. The van der Waals surface area contributed by atoms with E-state index < -0.39 is 0 Å². The van der Waals surface area contributed by atoms with Crippen molar-refractivity contribution in [3.63, 3.8) is 0 Å². The van der Waals surface area contributed by atoms with Gasteiger partial charge in [0.15, 0.2) is 5.16 Å². The van der Waals surface area contributed by atoms with Gasteiger partial charge < -0.3 is 11.1 Å². The van der Waals surface area contributed by atoms with Crippen LogP contribution in [0, 0.1) is 0 Å². The average molecular weight is 283 g/mol. The molecule has 0 atom stereocenters. The Bertz CT molecular complexity index is 359. The monoisotopic (exact) mass is 283 g/mol. The summed E-state index contributed by atoms with van der Waals surface area (Å²) >= 11 is 1.65. The third kappa shape index (κ3) is 7.20. The molecule has 0 unspecified atom stereocenters. The van der Waals surface area contributed by atoms with Gasteiger partial charge in [-0.3, -0.25) is 0 Å². The van der Waals surface area contributed by atoms with E-state index in [-0.39, 0.29) is 5.95 Å². The molecule has 0 aromatic carbocycles. The molecular weight excluding hydrogens is 258 g/mol. The first-order chi connectivity index (χ1) is 9.26. The Morgan fingerprint density at radius 2 is 1.68 bits per heavy atom. The smallest absolute Gasteiger partial charge is 0.228 e. The quantitative estimate of drug-likeness (QED) is 0.506. The first-order valence-electron chi connectivity index (χ1n) is 7.08. The molecule has 0 spiro atoms. The minimum Gasteiger partial charge on any atom is -0.368 e. The lowest BCUT2D eigenvalue weighted by Gasteiger charge is -2.04. The first kappa shape index (κ1) is 16.0. The highest BCUT2D eigenvalue weighted by Crippen LogP contribution is 2.18. The predicted molar refractivity (Wildman–Crippen MR) is 82.5 cm³/mol. The van der Waals surface area contributed by atoms with Crippen LogP contribution in [0.5, 0.6) is 0 Å². The van der Waals surface area contributed by atoms with Gasteiger partial charge in [-0.25, -0.2) is 0 Å². The average Bonchev–Trinajstić information content (AvgIpc) is 2.41. The van der Waals surface area contributed by atoms with Gasteiger partial charge in [-0.1, -0.05) is 57.2 Å². The number of rotatable bonds is 10. The highest BCUT2D eigenvalue weighted by Gasteiger charge is 2.03. The number of nitrogen functional groups attached to an aromatic ring is 1. The van der Waals surface area contributed by atoms with Gasteiger partial charge in [0.05, 0.1) is 0 Å². The minimum atomic E-state index is 0.279. The molecule has 0 fully saturated rings. The Kier molecular flexibility index (Phi) is 8.29. The van der Waals surface area contributed by atoms with E-state index in [1.54, 1.807) is 18.8 Å². The summed E-state index contributed by atoms with van der Waals surface area (Å²) in [4.78, 5) is 12.3. The van der Waals surface area contributed by atoms with E-state index in [1.165, 1.54) is 44.9 Å². The lowest BCUT2D eigenvalue weighted by molar-refractivity contribution is 0.603. The minimum absolute atomic E-state index is 0.279. The molecule has 5 nitrogen and oxygen atoms in total. The summed E-state index contributed by atoms with van der Waals surface area (Å²) in [5.41, 5.74) is 5.62. The second-order valence-electron chi connectivity index (χ2n) is 4.52. The van der Waals surface area contributed by atoms with Gasteiger partial charge in [-0.15, -0.1) is 0 Å². The van der Waals surface area contributed by atoms with Crippen molar-refractivity contribution in [2.75, 3.05) is 23.9 Å². The van der Waals surface area contributed by atoms with E-state index in [0.717, 1.165) is 5.75 Å². The molecule has 0 amide bonds. The van der Waals surface area contributed by atoms with Gasteiger partial charge in [0.1, 0.15) is 0 Å². The van der Waals surface area contributed by atoms with Crippen molar-refractivity contribution in [1.82, 2.24) is 15.0 Å². The van der Waals surface area contributed by atoms with Crippen LogP contribution in [-0.2, 0) is 0 Å². The highest BCUT2D eigenvalue weighted by molar-refractivity contribution is 7.99. The van der Waals surface area contributed by atoms with Crippen LogP contribution in [0.1, 0.15) is 51.9 Å². The van der Waals surface area contributed by atoms with Gasteiger partial charge in [0, 0.05) is 12.8 Å². The van der Waals surface area contributed by atoms with Crippen LogP contribution in [-0.4, -0.2) is 27.8 Å². The standard InChI is InChI=1S/C13H25N5S/c1-3-4-5-6-7-8-9-10-19-13-17-11(14)16-12(15-2)18-13/h3-10H2,1-2H3,(H3,14,15,16,17,18). The molecule has 0 aliphatic heterocycles. The van der Waals surface area contributed by atoms with Crippen LogP contribution in [0.2, 0.25) is 0 Å². The number of anilines is 2. The Labute approximate surface area is 120 Å². The van der Waals surface area contributed by atoms with E-state index in [4.69, 9.17) is 5.73 Å². The van der Waals surface area contributed by atoms with Crippen LogP contribution in [0.15, 0.2) is 5.16 Å². The first-order valence-corrected chi connectivity index (χ1v) is 8.07. The van der Waals surface area contributed by atoms with Crippen LogP contribution >= 0.6 is 11.8 Å². The normalized spacial score (nSPS) is 10.6. The summed E-state index contributed by atoms with van der Waals surface area (Å²) in [6, 6.07) is 0. The van der Waals surface area contributed by atoms with Crippen molar-refractivity contribution in [3.8, 4) is 0 Å². The van der Waals surface area contributed by atoms with Gasteiger partial charge >= 0.3 is 0 Å². The molecular formula is C13H25N5S. The lowest BCUT2D eigenvalue weighted by atomic mass is 10.1. The Morgan fingerprint density at radius 1 is 1.00 bits per heavy atom. The summed E-state index contributed by atoms with van der Waals surface area (Å²) < 4.78 is 0. The maximum Gasteiger partial charge on any atom is 0.228 e. The summed E-state index contributed by atoms with van der Waals surface area (Å²) in [6.45, 7) is 2.25. The number of nitrogens with two attached hydrogens (primary N) is 1. The fraction of sp³-hybridized carbons (Fsp3) is 0.769. The molecule has 0 saturated heterocycles. The van der Waals surface area contributed by atoms with Crippen molar-refractivity contribution in [3.05, 3.63) is 0 Å². The van der Waals surface area contributed by atoms with Crippen molar-refractivity contribution in [1.29, 1.82) is 0 Å². The zero-order valence-corrected chi connectivity index (χ0v) is 12.8. The molecule has 0 aliphatic carbocycles. The van der Waals surface area contributed by atoms with Crippen LogP contribution in [0.4, 0.5) is 11.9 Å². The number of thioether (sulfide) groups is 1. The Hall–Kier alpha value is -1.04. The van der Waals surface area contributed by atoms with E-state index in [9.17, 15) is 0 Å². The molecule has 1 heterocycles. The SMILES string of the molecule is CCCCCCCCCSc1nc(N)nc(NC)n1. The third-order valence-corrected chi connectivity index (χ3v) is 3.77. The Morgan fingerprint density at radius 3 is 2.37 bits per heavy atom. The van der Waals surface area contributed by atoms with Crippen LogP contribution < -0.4 is 11.1 Å². The van der Waals surface area contributed by atoms with Gasteiger partial charge in [0.2, 0.25) is 11.9 Å². The number of nitrogens with zero attached hydrogens (tertiary/aromatic N) is 3. The van der Waals surface area contributed by atoms with E-state index in [0.29, 0.717) is 11.1 Å². The van der Waals surface area contributed by atoms with Gasteiger partial charge in [-0.2, -0.15) is 15.0 Å². The van der Waals surface area contributed by atoms with Gasteiger partial charge in [-0.05, 0) is 6.42 Å². The molecule has 19 heavy (non-hydrogen) atoms. The zero-order chi connectivity index (χ0) is 13.9. The second kappa shape index (κ2) is 9.83. The van der Waals surface area contributed by atoms with Crippen molar-refractivity contribution in [2.24, 2.45) is 0 Å². The molecule has 0 bridgehead atoms. The largest absolute Gasteiger partial charge is 0.368 e. The van der Waals surface area contributed by atoms with Crippen molar-refractivity contribution >= 4 is 23.7 Å². The molecule has 1 rings (SSSR count). The number of nitrogens with one attached hydrogen (secondary N) is 1. The Balaban J connectivity index is 2.13. The number of hydrogen-bond acceptors (Lipinski definition) is 6. The molecule has 1 aromatic rings. The van der Waals surface area contributed by atoms with Crippen LogP contribution in [0.25, 0.3) is 0 Å². The number of hydrogen-bond donors (Lipinski definition) is 2. The van der Waals surface area contributed by atoms with Crippen molar-refractivity contribution in [2.45, 2.75) is 57.0 Å². The number of aromatic nitrogens is 3. The van der Waals surface area contributed by atoms with E-state index in [2.05, 4.69) is 27.2 Å². The third-order valence-electron chi connectivity index (χ3n) is 2.83. The van der Waals surface area contributed by atoms with E-state index >= 15 is 0 Å². The molecule has 0 radical (unpaired) electrons. The lowest BCUT2D eigenvalue weighted by Crippen LogP contribution is -2.04. The summed E-state index contributed by atoms with van der Waals surface area (Å²) in [7, 11) is 1.78. The maximum atomic E-state index is 5.62. The summed E-state index contributed by atoms with van der Waals surface area (Å²) in [5, 5.41) is 3.59. The molecule has 0 aliphatic rings. The molecule has 6 heteroatoms. The fourth-order valence-electron chi connectivity index (χ4n) is 1.77. The number of unbranched alkanes of at least 4 members (excludes halogenated alkanes) is 6. The molecule has 0 saturated carbocycles. The second-order valence-corrected chi connectivity index (χ2v) is 5.58. The van der Waals surface area contributed by atoms with Gasteiger partial charge in [0.25, 0.3) is 0 Å². The molecule has 108 valence electrons. The fourth-order valence-corrected chi connectivity index (χ4v) is 2.61. The summed E-state index contributed by atoms with van der Waals surface area (Å²) in [5.74, 6) is 1.86. The zero-order valence-electron chi connectivity index (χ0n) is 12.0. The predicted octanol–water partition coefficient (Wildman–Crippen LogP) is 3.34. The topological polar surface area (TPSA) is 76.7 Å². The summed E-state index contributed by atoms with van der Waals surface area (Å²) in [6.07, 6.45) is 9.24. The maximum absolute atomic E-state index is 5.62. The molecule has 1 aromatic heterocycles. The van der Waals surface area contributed by atoms with Crippen molar-refractivity contribution < 1.29 is 0 Å².